The Morgan fingerprint density at radius 1 is 0.759 bits per heavy atom. The van der Waals surface area contributed by atoms with Gasteiger partial charge < -0.3 is 39.0 Å². The maximum Gasteiger partial charge on any atom is 0.421 e. The largest absolute Gasteiger partial charge is 0.497 e. The van der Waals surface area contributed by atoms with Crippen molar-refractivity contribution >= 4 is 46.6 Å². The van der Waals surface area contributed by atoms with Gasteiger partial charge in [-0.2, -0.15) is 0 Å². The third-order valence-corrected chi connectivity index (χ3v) is 14.9. The third kappa shape index (κ3) is 9.89. The van der Waals surface area contributed by atoms with Crippen LogP contribution < -0.4 is 24.6 Å². The van der Waals surface area contributed by atoms with E-state index in [0.29, 0.717) is 76.9 Å². The lowest BCUT2D eigenvalue weighted by Gasteiger charge is -2.46. The highest BCUT2D eigenvalue weighted by atomic mass is 16.6. The first-order chi connectivity index (χ1) is 38.6. The van der Waals surface area contributed by atoms with Crippen molar-refractivity contribution in [3.63, 3.8) is 0 Å². The molecule has 0 saturated carbocycles. The van der Waals surface area contributed by atoms with Crippen LogP contribution in [-0.4, -0.2) is 91.5 Å². The molecule has 4 heterocycles. The van der Waals surface area contributed by atoms with E-state index in [9.17, 15) is 15.2 Å². The molecule has 3 amide bonds. The highest BCUT2D eigenvalue weighted by molar-refractivity contribution is 6.24. The average Bonchev–Trinajstić information content (AvgIpc) is 2.54. The van der Waals surface area contributed by atoms with Crippen molar-refractivity contribution in [2.24, 2.45) is 5.92 Å². The first-order valence-corrected chi connectivity index (χ1v) is 25.8. The van der Waals surface area contributed by atoms with Crippen LogP contribution >= 0.6 is 0 Å². The Bertz CT molecular complexity index is 3460. The van der Waals surface area contributed by atoms with Gasteiger partial charge >= 0.3 is 12.1 Å². The molecule has 3 fully saturated rings. The molecule has 2 N–H and O–H groups in total. The number of nitro groups is 1. The van der Waals surface area contributed by atoms with Gasteiger partial charge in [0.25, 0.3) is 5.69 Å². The number of carbonyl (C=O) groups excluding carboxylic acids is 4. The monoisotopic (exact) mass is 1060 g/mol. The zero-order chi connectivity index (χ0) is 54.6. The van der Waals surface area contributed by atoms with Crippen LogP contribution in [0.1, 0.15) is 57.1 Å². The van der Waals surface area contributed by atoms with Crippen LogP contribution in [0.25, 0.3) is 0 Å². The number of carbonyl (C=O) groups is 4. The molecule has 11 rings (SSSR count). The van der Waals surface area contributed by atoms with E-state index in [0.717, 1.165) is 10.6 Å². The molecule has 17 nitrogen and oxygen atoms in total. The number of rotatable bonds is 13. The summed E-state index contributed by atoms with van der Waals surface area (Å²) in [5.74, 6) is 3.50. The van der Waals surface area contributed by atoms with E-state index in [4.69, 9.17) is 23.7 Å². The number of non-ortho nitro benzene ring substituents is 1. The number of hydrogen-bond acceptors (Lipinski definition) is 14. The van der Waals surface area contributed by atoms with Crippen molar-refractivity contribution in [2.75, 3.05) is 61.7 Å². The first-order valence-electron chi connectivity index (χ1n) is 25.8. The number of nitrogens with zero attached hydrogens (tertiary/aromatic N) is 4. The van der Waals surface area contributed by atoms with Gasteiger partial charge in [0.1, 0.15) is 42.3 Å². The number of fused-ring (bicyclic) bond motifs is 3. The molecule has 7 aromatic rings. The minimum absolute atomic E-state index is 0.000402. The lowest BCUT2D eigenvalue weighted by Crippen LogP contribution is -2.54. The fraction of sp³-hybridized carbons (Fsp3) is 0.226. The predicted octanol–water partition coefficient (Wildman–Crippen LogP) is 8.85. The van der Waals surface area contributed by atoms with E-state index < -0.39 is 64.4 Å². The van der Waals surface area contributed by atoms with E-state index in [2.05, 4.69) is 22.1 Å². The number of aliphatic hydroxyl groups is 1. The number of nitrogens with one attached hydrogen (secondary N) is 1. The van der Waals surface area contributed by atoms with Gasteiger partial charge in [-0.1, -0.05) is 84.6 Å². The standard InChI is InChI=1S/C62H53N5O12/c1-75-49-27-16-40(17-28-49)12-13-41-18-31-52-51(38-41)62(60(71)65(52)61(72)78-39-42-14-23-48(24-15-42)67(73)74)53(58(69)63-46-21-25-47(26-22-46)64-32-35-76-36-33-64)55-59(70)79-56(44-10-6-3-7-11-44)54(43-8-4-2-5-9-43)66(55)57(62)45-19-29-50(30-20-45)77-37-34-68/h2-11,14-31,38,53-57,68H,32-37,39H2,1H3,(H,63,69)/t53-,54-,55-,56+,57+,62-/m1/s1. The van der Waals surface area contributed by atoms with Crippen LogP contribution in [0.4, 0.5) is 27.5 Å². The fourth-order valence-corrected chi connectivity index (χ4v) is 11.4. The number of benzene rings is 7. The number of amides is 3. The predicted molar refractivity (Wildman–Crippen MR) is 291 cm³/mol. The molecule has 3 saturated heterocycles. The second kappa shape index (κ2) is 22.3. The lowest BCUT2D eigenvalue weighted by molar-refractivity contribution is -0.384. The molecule has 0 bridgehead atoms. The first kappa shape index (κ1) is 51.8. The van der Waals surface area contributed by atoms with E-state index in [-0.39, 0.29) is 36.8 Å². The Balaban J connectivity index is 1.14. The summed E-state index contributed by atoms with van der Waals surface area (Å²) >= 11 is 0. The highest BCUT2D eigenvalue weighted by Crippen LogP contribution is 2.66. The summed E-state index contributed by atoms with van der Waals surface area (Å²) in [6, 6.07) is 46.9. The summed E-state index contributed by atoms with van der Waals surface area (Å²) in [5.41, 5.74) is 2.58. The van der Waals surface area contributed by atoms with E-state index >= 15 is 19.2 Å². The van der Waals surface area contributed by atoms with Gasteiger partial charge in [-0.15, -0.1) is 0 Å². The molecule has 4 aliphatic heterocycles. The lowest BCUT2D eigenvalue weighted by atomic mass is 9.65. The molecular formula is C62H53N5O12. The van der Waals surface area contributed by atoms with Crippen LogP contribution in [0.5, 0.6) is 11.5 Å². The van der Waals surface area contributed by atoms with Crippen molar-refractivity contribution in [1.82, 2.24) is 4.90 Å². The molecule has 0 radical (unpaired) electrons. The summed E-state index contributed by atoms with van der Waals surface area (Å²) in [4.78, 5) is 79.7. The maximum atomic E-state index is 16.8. The Kier molecular flexibility index (Phi) is 14.6. The zero-order valence-corrected chi connectivity index (χ0v) is 42.8. The number of imide groups is 1. The molecule has 0 aromatic heterocycles. The molecule has 4 aliphatic rings. The number of methoxy groups -OCH3 is 1. The van der Waals surface area contributed by atoms with Crippen LogP contribution in [-0.2, 0) is 40.6 Å². The minimum Gasteiger partial charge on any atom is -0.497 e. The highest BCUT2D eigenvalue weighted by Gasteiger charge is 2.76. The molecule has 1 spiro atoms. The Labute approximate surface area is 455 Å². The summed E-state index contributed by atoms with van der Waals surface area (Å²) in [6.07, 6.45) is -2.08. The van der Waals surface area contributed by atoms with Crippen molar-refractivity contribution in [3.8, 4) is 23.3 Å². The normalized spacial score (nSPS) is 21.3. The van der Waals surface area contributed by atoms with Crippen LogP contribution in [0.2, 0.25) is 0 Å². The van der Waals surface area contributed by atoms with Gasteiger partial charge in [-0.3, -0.25) is 29.4 Å². The number of esters is 1. The topological polar surface area (TPSA) is 200 Å². The zero-order valence-electron chi connectivity index (χ0n) is 42.8. The minimum atomic E-state index is -2.16. The summed E-state index contributed by atoms with van der Waals surface area (Å²) in [7, 11) is 1.57. The van der Waals surface area contributed by atoms with Crippen LogP contribution in [0, 0.1) is 27.9 Å². The Hall–Kier alpha value is -9.34. The van der Waals surface area contributed by atoms with Crippen LogP contribution in [0.3, 0.4) is 0 Å². The van der Waals surface area contributed by atoms with Gasteiger partial charge in [0.2, 0.25) is 11.8 Å². The van der Waals surface area contributed by atoms with Gasteiger partial charge in [-0.05, 0) is 119 Å². The molecular weight excluding hydrogens is 1010 g/mol. The number of hydrogen-bond donors (Lipinski definition) is 2. The number of anilines is 3. The molecule has 398 valence electrons. The summed E-state index contributed by atoms with van der Waals surface area (Å²) in [6.45, 7) is 1.86. The second-order valence-electron chi connectivity index (χ2n) is 19.4. The Morgan fingerprint density at radius 3 is 2.06 bits per heavy atom. The number of morpholine rings is 2. The third-order valence-electron chi connectivity index (χ3n) is 14.9. The summed E-state index contributed by atoms with van der Waals surface area (Å²) in [5, 5.41) is 24.3. The number of cyclic esters (lactones) is 1. The van der Waals surface area contributed by atoms with Crippen molar-refractivity contribution < 1.29 is 52.9 Å². The number of nitro benzene ring substituents is 1. The maximum absolute atomic E-state index is 16.8. The molecule has 7 aromatic carbocycles. The second-order valence-corrected chi connectivity index (χ2v) is 19.4. The molecule has 17 heteroatoms. The van der Waals surface area contributed by atoms with E-state index in [1.54, 1.807) is 86.0 Å². The number of aliphatic hydroxyl groups excluding tert-OH is 1. The van der Waals surface area contributed by atoms with Crippen molar-refractivity contribution in [2.45, 2.75) is 36.3 Å². The number of ether oxygens (including phenoxy) is 5. The van der Waals surface area contributed by atoms with Gasteiger partial charge in [0, 0.05) is 47.7 Å². The smallest absolute Gasteiger partial charge is 0.421 e. The molecule has 79 heavy (non-hydrogen) atoms. The molecule has 0 unspecified atom stereocenters. The molecule has 0 aliphatic carbocycles. The SMILES string of the molecule is COc1ccc(C#Cc2ccc3c(c2)[C@]2(C(=O)N3C(=O)OCc3ccc([N+](=O)[O-])cc3)[C@H](c3ccc(OCCO)cc3)N3[C@H](c4ccccc4)[C@H](c4ccccc4)OC(=O)[C@H]3[C@@H]2C(=O)Nc2ccc(N3CCOCC3)cc2)cc1. The average molecular weight is 1060 g/mol. The van der Waals surface area contributed by atoms with Crippen LogP contribution in [0.15, 0.2) is 176 Å². The Morgan fingerprint density at radius 2 is 1.41 bits per heavy atom. The fourth-order valence-electron chi connectivity index (χ4n) is 11.4. The summed E-state index contributed by atoms with van der Waals surface area (Å²) < 4.78 is 29.4. The van der Waals surface area contributed by atoms with E-state index in [1.165, 1.54) is 24.3 Å². The van der Waals surface area contributed by atoms with E-state index in [1.807, 2.05) is 77.7 Å². The quantitative estimate of drug-likeness (QED) is 0.0480. The van der Waals surface area contributed by atoms with Gasteiger partial charge in [0.15, 0.2) is 0 Å². The van der Waals surface area contributed by atoms with Gasteiger partial charge in [0.05, 0.1) is 55.5 Å². The molecule has 6 atom stereocenters. The van der Waals surface area contributed by atoms with Crippen molar-refractivity contribution in [1.29, 1.82) is 0 Å². The van der Waals surface area contributed by atoms with Crippen molar-refractivity contribution in [3.05, 3.63) is 225 Å². The van der Waals surface area contributed by atoms with Gasteiger partial charge in [-0.25, -0.2) is 9.69 Å².